The van der Waals surface area contributed by atoms with Crippen LogP contribution in [0.15, 0.2) is 47.3 Å². The van der Waals surface area contributed by atoms with Gasteiger partial charge in [-0.2, -0.15) is 4.98 Å². The molecule has 5 rings (SSSR count). The maximum Gasteiger partial charge on any atom is 0.231 e. The summed E-state index contributed by atoms with van der Waals surface area (Å²) in [5.41, 5.74) is 2.34. The Kier molecular flexibility index (Phi) is 2.55. The summed E-state index contributed by atoms with van der Waals surface area (Å²) in [5.74, 6) is 2.08. The quantitative estimate of drug-likeness (QED) is 0.603. The molecule has 0 aliphatic heterocycles. The maximum atomic E-state index is 5.51. The molecule has 1 aliphatic rings. The highest BCUT2D eigenvalue weighted by Gasteiger charge is 2.23. The minimum atomic E-state index is 0.488. The lowest BCUT2D eigenvalue weighted by Gasteiger charge is -2.08. The number of nitrogens with zero attached hydrogens (tertiary/aromatic N) is 4. The summed E-state index contributed by atoms with van der Waals surface area (Å²) in [4.78, 5) is 13.4. The van der Waals surface area contributed by atoms with Crippen molar-refractivity contribution in [1.82, 2.24) is 19.4 Å². The number of anilines is 3. The van der Waals surface area contributed by atoms with Crippen molar-refractivity contribution in [1.29, 1.82) is 0 Å². The van der Waals surface area contributed by atoms with Crippen molar-refractivity contribution in [2.24, 2.45) is 0 Å². The highest BCUT2D eigenvalue weighted by atomic mass is 16.3. The number of imidazole rings is 1. The number of hydrogen-bond acceptors (Lipinski definition) is 6. The van der Waals surface area contributed by atoms with E-state index in [-0.39, 0.29) is 0 Å². The first kappa shape index (κ1) is 12.5. The Morgan fingerprint density at radius 1 is 1.17 bits per heavy atom. The normalized spacial score (nSPS) is 14.4. The highest BCUT2D eigenvalue weighted by molar-refractivity contribution is 5.85. The van der Waals surface area contributed by atoms with E-state index in [0.29, 0.717) is 17.6 Å². The molecule has 0 bridgehead atoms. The second-order valence-electron chi connectivity index (χ2n) is 5.65. The van der Waals surface area contributed by atoms with Crippen molar-refractivity contribution < 1.29 is 4.42 Å². The van der Waals surface area contributed by atoms with Gasteiger partial charge in [0.2, 0.25) is 5.95 Å². The van der Waals surface area contributed by atoms with E-state index in [2.05, 4.69) is 25.6 Å². The number of furan rings is 1. The summed E-state index contributed by atoms with van der Waals surface area (Å²) >= 11 is 0. The fourth-order valence-corrected chi connectivity index (χ4v) is 2.58. The summed E-state index contributed by atoms with van der Waals surface area (Å²) in [6.45, 7) is 0. The summed E-state index contributed by atoms with van der Waals surface area (Å²) in [6.07, 6.45) is 7.69. The first-order chi connectivity index (χ1) is 11.4. The van der Waals surface area contributed by atoms with Crippen LogP contribution in [0.3, 0.4) is 0 Å². The van der Waals surface area contributed by atoms with Gasteiger partial charge in [-0.1, -0.05) is 6.07 Å². The fourth-order valence-electron chi connectivity index (χ4n) is 2.58. The third kappa shape index (κ3) is 2.17. The second-order valence-corrected chi connectivity index (χ2v) is 5.65. The van der Waals surface area contributed by atoms with Gasteiger partial charge >= 0.3 is 0 Å². The molecule has 0 saturated heterocycles. The molecule has 0 radical (unpaired) electrons. The minimum absolute atomic E-state index is 0.488. The summed E-state index contributed by atoms with van der Waals surface area (Å²) in [6, 6.07) is 8.19. The van der Waals surface area contributed by atoms with E-state index in [0.717, 1.165) is 22.8 Å². The molecule has 0 aromatic carbocycles. The van der Waals surface area contributed by atoms with Crippen LogP contribution < -0.4 is 10.6 Å². The van der Waals surface area contributed by atoms with Crippen LogP contribution >= 0.6 is 0 Å². The van der Waals surface area contributed by atoms with Crippen molar-refractivity contribution in [2.75, 3.05) is 10.6 Å². The van der Waals surface area contributed by atoms with Crippen molar-refractivity contribution in [2.45, 2.75) is 18.9 Å². The van der Waals surface area contributed by atoms with Gasteiger partial charge in [-0.3, -0.25) is 4.40 Å². The Labute approximate surface area is 131 Å². The van der Waals surface area contributed by atoms with Gasteiger partial charge in [0, 0.05) is 18.3 Å². The molecule has 0 spiro atoms. The number of nitrogens with one attached hydrogen (secondary N) is 2. The van der Waals surface area contributed by atoms with E-state index in [1.54, 1.807) is 12.5 Å². The zero-order valence-electron chi connectivity index (χ0n) is 12.2. The largest absolute Gasteiger partial charge is 0.459 e. The number of fused-ring (bicyclic) bond motifs is 2. The van der Waals surface area contributed by atoms with E-state index in [1.807, 2.05) is 34.9 Å². The zero-order valence-corrected chi connectivity index (χ0v) is 12.2. The molecule has 7 nitrogen and oxygen atoms in total. The molecule has 0 atom stereocenters. The van der Waals surface area contributed by atoms with Gasteiger partial charge in [0.05, 0.1) is 12.5 Å². The number of aromatic nitrogens is 4. The highest BCUT2D eigenvalue weighted by Crippen LogP contribution is 2.30. The van der Waals surface area contributed by atoms with Gasteiger partial charge in [0.1, 0.15) is 17.0 Å². The third-order valence-electron chi connectivity index (χ3n) is 3.88. The fraction of sp³-hybridized carbons (Fsp3) is 0.188. The maximum absolute atomic E-state index is 5.51. The molecular weight excluding hydrogens is 292 g/mol. The Bertz CT molecular complexity index is 1000. The van der Waals surface area contributed by atoms with Crippen molar-refractivity contribution in [3.8, 4) is 0 Å². The SMILES string of the molecule is c1ccn2c(Nc3nc(NC4CC4)c4occc4n3)cnc2c1. The summed E-state index contributed by atoms with van der Waals surface area (Å²) in [7, 11) is 0. The van der Waals surface area contributed by atoms with Crippen LogP contribution in [0.2, 0.25) is 0 Å². The minimum Gasteiger partial charge on any atom is -0.459 e. The van der Waals surface area contributed by atoms with Gasteiger partial charge < -0.3 is 15.1 Å². The molecule has 4 aromatic rings. The third-order valence-corrected chi connectivity index (χ3v) is 3.88. The summed E-state index contributed by atoms with van der Waals surface area (Å²) < 4.78 is 7.46. The van der Waals surface area contributed by atoms with E-state index >= 15 is 0 Å². The molecule has 1 aliphatic carbocycles. The first-order valence-electron chi connectivity index (χ1n) is 7.58. The Balaban J connectivity index is 1.56. The average Bonchev–Trinajstić information content (AvgIpc) is 3.09. The van der Waals surface area contributed by atoms with Crippen LogP contribution in [0.5, 0.6) is 0 Å². The van der Waals surface area contributed by atoms with Gasteiger partial charge in [-0.25, -0.2) is 9.97 Å². The molecule has 1 fully saturated rings. The van der Waals surface area contributed by atoms with E-state index in [1.165, 1.54) is 12.8 Å². The van der Waals surface area contributed by atoms with Gasteiger partial charge in [0.15, 0.2) is 11.4 Å². The predicted molar refractivity (Wildman–Crippen MR) is 86.9 cm³/mol. The van der Waals surface area contributed by atoms with Crippen LogP contribution in [-0.2, 0) is 0 Å². The van der Waals surface area contributed by atoms with Crippen LogP contribution in [0.25, 0.3) is 16.7 Å². The average molecular weight is 306 g/mol. The number of rotatable bonds is 4. The second kappa shape index (κ2) is 4.70. The van der Waals surface area contributed by atoms with Gasteiger partial charge in [-0.15, -0.1) is 0 Å². The van der Waals surface area contributed by atoms with Gasteiger partial charge in [-0.05, 0) is 25.0 Å². The molecule has 114 valence electrons. The number of hydrogen-bond donors (Lipinski definition) is 2. The van der Waals surface area contributed by atoms with Crippen LogP contribution in [0, 0.1) is 0 Å². The lowest BCUT2D eigenvalue weighted by molar-refractivity contribution is 0.614. The Hall–Kier alpha value is -3.09. The number of pyridine rings is 1. The first-order valence-corrected chi connectivity index (χ1v) is 7.58. The van der Waals surface area contributed by atoms with Crippen molar-refractivity contribution in [3.05, 3.63) is 42.9 Å². The molecule has 7 heteroatoms. The molecule has 1 saturated carbocycles. The van der Waals surface area contributed by atoms with Crippen LogP contribution in [-0.4, -0.2) is 25.4 Å². The molecular formula is C16H14N6O. The molecule has 2 N–H and O–H groups in total. The lowest BCUT2D eigenvalue weighted by atomic mass is 10.4. The molecule has 0 unspecified atom stereocenters. The lowest BCUT2D eigenvalue weighted by Crippen LogP contribution is -2.07. The van der Waals surface area contributed by atoms with E-state index in [4.69, 9.17) is 4.42 Å². The van der Waals surface area contributed by atoms with E-state index in [9.17, 15) is 0 Å². The predicted octanol–water partition coefficient (Wildman–Crippen LogP) is 3.19. The molecule has 4 heterocycles. The van der Waals surface area contributed by atoms with E-state index < -0.39 is 0 Å². The smallest absolute Gasteiger partial charge is 0.231 e. The molecule has 4 aromatic heterocycles. The van der Waals surface area contributed by atoms with Crippen LogP contribution in [0.1, 0.15) is 12.8 Å². The van der Waals surface area contributed by atoms with Gasteiger partial charge in [0.25, 0.3) is 0 Å². The zero-order chi connectivity index (χ0) is 15.2. The molecule has 0 amide bonds. The Morgan fingerprint density at radius 2 is 2.13 bits per heavy atom. The monoisotopic (exact) mass is 306 g/mol. The standard InChI is InChI=1S/C16H14N6O/c1-2-7-22-12(3-1)17-9-13(22)20-16-19-11-6-8-23-14(11)15(21-16)18-10-4-5-10/h1-3,6-10H,4-5H2,(H2,18,19,20,21). The van der Waals surface area contributed by atoms with Crippen molar-refractivity contribution >= 4 is 34.3 Å². The molecule has 23 heavy (non-hydrogen) atoms. The summed E-state index contributed by atoms with van der Waals surface area (Å²) in [5, 5.41) is 6.63. The Morgan fingerprint density at radius 3 is 3.04 bits per heavy atom. The topological polar surface area (TPSA) is 80.3 Å². The van der Waals surface area contributed by atoms with Crippen molar-refractivity contribution in [3.63, 3.8) is 0 Å². The van der Waals surface area contributed by atoms with Crippen LogP contribution in [0.4, 0.5) is 17.6 Å².